The van der Waals surface area contributed by atoms with E-state index in [-0.39, 0.29) is 30.1 Å². The van der Waals surface area contributed by atoms with Crippen molar-refractivity contribution in [3.05, 3.63) is 22.8 Å². The van der Waals surface area contributed by atoms with Crippen LogP contribution in [0.2, 0.25) is 0 Å². The summed E-state index contributed by atoms with van der Waals surface area (Å²) in [6.07, 6.45) is 10.4. The Morgan fingerprint density at radius 2 is 1.85 bits per heavy atom. The number of carboxylic acid groups (broad SMARTS) is 1. The molecule has 6 nitrogen and oxygen atoms in total. The van der Waals surface area contributed by atoms with Crippen LogP contribution in [0.15, 0.2) is 22.8 Å². The lowest BCUT2D eigenvalue weighted by Crippen LogP contribution is -2.28. The van der Waals surface area contributed by atoms with Crippen molar-refractivity contribution in [2.45, 2.75) is 111 Å². The monoisotopic (exact) mass is 484 g/mol. The van der Waals surface area contributed by atoms with Crippen molar-refractivity contribution in [1.29, 1.82) is 0 Å². The number of esters is 1. The number of carbonyl (C=O) groups excluding carboxylic acids is 1. The Morgan fingerprint density at radius 1 is 1.12 bits per heavy atom. The Kier molecular flexibility index (Phi) is 14.0. The topological polar surface area (TPSA) is 104 Å². The number of hydrogen-bond acceptors (Lipinski definition) is 6. The van der Waals surface area contributed by atoms with Gasteiger partial charge in [0.05, 0.1) is 12.2 Å². The maximum Gasteiger partial charge on any atom is 0.310 e. The van der Waals surface area contributed by atoms with E-state index in [0.29, 0.717) is 25.0 Å². The van der Waals surface area contributed by atoms with Crippen LogP contribution in [0.3, 0.4) is 0 Å². The zero-order chi connectivity index (χ0) is 24.9. The molecule has 0 aromatic rings. The van der Waals surface area contributed by atoms with Crippen LogP contribution in [0.5, 0.6) is 0 Å². The van der Waals surface area contributed by atoms with Gasteiger partial charge >= 0.3 is 11.9 Å². The summed E-state index contributed by atoms with van der Waals surface area (Å²) in [5.41, 5.74) is -0.257. The highest BCUT2D eigenvalue weighted by atomic mass is 32.2. The molecule has 0 heterocycles. The average Bonchev–Trinajstić information content (AvgIpc) is 3.02. The Balaban J connectivity index is 2.87. The molecule has 0 aromatic heterocycles. The summed E-state index contributed by atoms with van der Waals surface area (Å²) in [7, 11) is 0. The fraction of sp³-hybridized carbons (Fsp3) is 0.769. The second-order valence-corrected chi connectivity index (χ2v) is 10.8. The largest absolute Gasteiger partial charge is 0.481 e. The standard InChI is InChI=1S/C26H44O6S/c1-5-7-10-16-26(3,4)22(28)15-14-19-20(27)18-21(32-24(31)12-6-2)25(19)33-17-11-8-9-13-23(29)30/h14-15,19-20,22,27-28H,5-13,16-18H2,1-4H3,(H,29,30)/t19-,20+,22?/m0/s1. The molecule has 0 aliphatic heterocycles. The van der Waals surface area contributed by atoms with Gasteiger partial charge in [0.2, 0.25) is 0 Å². The molecule has 0 saturated heterocycles. The Morgan fingerprint density at radius 3 is 2.48 bits per heavy atom. The van der Waals surface area contributed by atoms with Crippen molar-refractivity contribution in [3.63, 3.8) is 0 Å². The van der Waals surface area contributed by atoms with E-state index in [1.54, 1.807) is 17.8 Å². The summed E-state index contributed by atoms with van der Waals surface area (Å²) in [5, 5.41) is 30.3. The van der Waals surface area contributed by atoms with Gasteiger partial charge in [-0.25, -0.2) is 0 Å². The lowest BCUT2D eigenvalue weighted by Gasteiger charge is -2.29. The van der Waals surface area contributed by atoms with Gasteiger partial charge in [-0.05, 0) is 36.9 Å². The van der Waals surface area contributed by atoms with Crippen LogP contribution in [0.1, 0.15) is 98.3 Å². The molecule has 0 fully saturated rings. The molecule has 1 rings (SSSR count). The fourth-order valence-corrected chi connectivity index (χ4v) is 5.14. The minimum Gasteiger partial charge on any atom is -0.481 e. The SMILES string of the molecule is CCCCCC(C)(C)C(O)C=C[C@@H]1C(SCCCCCC(=O)O)=C(OC(=O)CCC)C[C@H]1O. The summed E-state index contributed by atoms with van der Waals surface area (Å²) in [5.74, 6) is -0.106. The maximum absolute atomic E-state index is 12.1. The minimum absolute atomic E-state index is 0.170. The number of hydrogen-bond donors (Lipinski definition) is 3. The van der Waals surface area contributed by atoms with Crippen LogP contribution in [0.25, 0.3) is 0 Å². The summed E-state index contributed by atoms with van der Waals surface area (Å²) < 4.78 is 5.60. The first-order valence-corrected chi connectivity index (χ1v) is 13.4. The van der Waals surface area contributed by atoms with Crippen LogP contribution >= 0.6 is 11.8 Å². The van der Waals surface area contributed by atoms with Gasteiger partial charge in [-0.3, -0.25) is 9.59 Å². The first kappa shape index (κ1) is 29.7. The van der Waals surface area contributed by atoms with Gasteiger partial charge in [0.15, 0.2) is 0 Å². The number of aliphatic hydroxyl groups excluding tert-OH is 2. The van der Waals surface area contributed by atoms with Crippen molar-refractivity contribution >= 4 is 23.7 Å². The van der Waals surface area contributed by atoms with E-state index < -0.39 is 18.2 Å². The van der Waals surface area contributed by atoms with Crippen molar-refractivity contribution in [1.82, 2.24) is 0 Å². The van der Waals surface area contributed by atoms with Crippen molar-refractivity contribution in [2.75, 3.05) is 5.75 Å². The van der Waals surface area contributed by atoms with E-state index in [4.69, 9.17) is 9.84 Å². The first-order valence-electron chi connectivity index (χ1n) is 12.4. The third kappa shape index (κ3) is 11.1. The molecule has 0 spiro atoms. The predicted molar refractivity (Wildman–Crippen MR) is 134 cm³/mol. The predicted octanol–water partition coefficient (Wildman–Crippen LogP) is 5.82. The molecule has 1 unspecified atom stereocenters. The van der Waals surface area contributed by atoms with Gasteiger partial charge in [-0.2, -0.15) is 0 Å². The second-order valence-electron chi connectivity index (χ2n) is 9.64. The lowest BCUT2D eigenvalue weighted by molar-refractivity contribution is -0.140. The number of aliphatic carboxylic acids is 1. The molecule has 33 heavy (non-hydrogen) atoms. The molecule has 190 valence electrons. The fourth-order valence-electron chi connectivity index (χ4n) is 3.86. The molecule has 0 bridgehead atoms. The van der Waals surface area contributed by atoms with E-state index >= 15 is 0 Å². The lowest BCUT2D eigenvalue weighted by atomic mass is 9.81. The summed E-state index contributed by atoms with van der Waals surface area (Å²) in [6.45, 7) is 8.20. The smallest absolute Gasteiger partial charge is 0.310 e. The zero-order valence-corrected chi connectivity index (χ0v) is 21.7. The van der Waals surface area contributed by atoms with Crippen LogP contribution in [0.4, 0.5) is 0 Å². The summed E-state index contributed by atoms with van der Waals surface area (Å²) in [4.78, 5) is 23.6. The van der Waals surface area contributed by atoms with Gasteiger partial charge in [0.25, 0.3) is 0 Å². The molecule has 0 radical (unpaired) electrons. The second kappa shape index (κ2) is 15.6. The molecular formula is C26H44O6S. The molecule has 0 aromatic carbocycles. The number of unbranched alkanes of at least 4 members (excludes halogenated alkanes) is 4. The number of carboxylic acids is 1. The van der Waals surface area contributed by atoms with Crippen LogP contribution < -0.4 is 0 Å². The number of carbonyl (C=O) groups is 2. The van der Waals surface area contributed by atoms with E-state index in [9.17, 15) is 19.8 Å². The van der Waals surface area contributed by atoms with Crippen LogP contribution in [0, 0.1) is 11.3 Å². The van der Waals surface area contributed by atoms with Crippen molar-refractivity contribution in [3.8, 4) is 0 Å². The molecule has 1 aliphatic rings. The third-order valence-electron chi connectivity index (χ3n) is 6.10. The number of rotatable bonds is 17. The molecule has 3 atom stereocenters. The highest BCUT2D eigenvalue weighted by Crippen LogP contribution is 2.42. The van der Waals surface area contributed by atoms with Crippen molar-refractivity contribution in [2.24, 2.45) is 11.3 Å². The highest BCUT2D eigenvalue weighted by molar-refractivity contribution is 8.03. The third-order valence-corrected chi connectivity index (χ3v) is 7.40. The molecular weight excluding hydrogens is 440 g/mol. The zero-order valence-electron chi connectivity index (χ0n) is 20.8. The van der Waals surface area contributed by atoms with E-state index in [1.807, 2.05) is 13.0 Å². The molecule has 0 saturated carbocycles. The van der Waals surface area contributed by atoms with Crippen LogP contribution in [-0.2, 0) is 14.3 Å². The summed E-state index contributed by atoms with van der Waals surface area (Å²) >= 11 is 1.56. The van der Waals surface area contributed by atoms with Gasteiger partial charge in [0.1, 0.15) is 5.76 Å². The summed E-state index contributed by atoms with van der Waals surface area (Å²) in [6, 6.07) is 0. The van der Waals surface area contributed by atoms with Gasteiger partial charge in [-0.1, -0.05) is 65.5 Å². The van der Waals surface area contributed by atoms with E-state index in [0.717, 1.165) is 49.2 Å². The van der Waals surface area contributed by atoms with Gasteiger partial charge in [0, 0.05) is 30.1 Å². The first-order chi connectivity index (χ1) is 15.6. The van der Waals surface area contributed by atoms with E-state index in [1.165, 1.54) is 0 Å². The maximum atomic E-state index is 12.1. The number of aliphatic hydroxyl groups is 2. The Labute approximate surface area is 203 Å². The Hall–Kier alpha value is -1.31. The minimum atomic E-state index is -0.782. The normalized spacial score (nSPS) is 19.9. The highest BCUT2D eigenvalue weighted by Gasteiger charge is 2.35. The van der Waals surface area contributed by atoms with Crippen molar-refractivity contribution < 1.29 is 29.6 Å². The Bertz CT molecular complexity index is 670. The van der Waals surface area contributed by atoms with Crippen LogP contribution in [-0.4, -0.2) is 45.2 Å². The molecule has 0 amide bonds. The number of ether oxygens (including phenoxy) is 1. The number of thioether (sulfide) groups is 1. The average molecular weight is 485 g/mol. The van der Waals surface area contributed by atoms with Gasteiger partial charge in [-0.15, -0.1) is 11.8 Å². The van der Waals surface area contributed by atoms with Gasteiger partial charge < -0.3 is 20.1 Å². The molecule has 7 heteroatoms. The molecule has 1 aliphatic carbocycles. The molecule has 3 N–H and O–H groups in total. The van der Waals surface area contributed by atoms with E-state index in [2.05, 4.69) is 20.8 Å². The quantitative estimate of drug-likeness (QED) is 0.136.